The van der Waals surface area contributed by atoms with E-state index >= 15 is 0 Å². The summed E-state index contributed by atoms with van der Waals surface area (Å²) in [5.74, 6) is 4.83. The second kappa shape index (κ2) is 10.4. The van der Waals surface area contributed by atoms with Crippen molar-refractivity contribution in [1.82, 2.24) is 20.1 Å². The molecule has 2 N–H and O–H groups in total. The molecule has 0 saturated carbocycles. The minimum Gasteiger partial charge on any atom is -0.480 e. The molecule has 0 bridgehead atoms. The summed E-state index contributed by atoms with van der Waals surface area (Å²) < 4.78 is 5.36. The first-order valence-electron chi connectivity index (χ1n) is 12.0. The van der Waals surface area contributed by atoms with Crippen molar-refractivity contribution in [3.05, 3.63) is 36.2 Å². The average molecular weight is 508 g/mol. The number of pyridine rings is 1. The van der Waals surface area contributed by atoms with Gasteiger partial charge in [-0.25, -0.2) is 14.4 Å². The molecule has 0 spiro atoms. The lowest BCUT2D eigenvalue weighted by Crippen LogP contribution is -2.59. The predicted molar refractivity (Wildman–Crippen MR) is 135 cm³/mol. The highest BCUT2D eigenvalue weighted by Crippen LogP contribution is 2.28. The van der Waals surface area contributed by atoms with Crippen molar-refractivity contribution < 1.29 is 29.0 Å². The smallest absolute Gasteiger partial charge is 0.411 e. The molecule has 2 aliphatic rings. The molecule has 3 heterocycles. The van der Waals surface area contributed by atoms with Gasteiger partial charge in [0, 0.05) is 55.1 Å². The number of benzene rings is 1. The highest BCUT2D eigenvalue weighted by molar-refractivity contribution is 6.10. The van der Waals surface area contributed by atoms with Crippen LogP contribution in [0.3, 0.4) is 0 Å². The van der Waals surface area contributed by atoms with E-state index in [9.17, 15) is 24.3 Å². The molecule has 4 rings (SSSR count). The van der Waals surface area contributed by atoms with Gasteiger partial charge in [-0.05, 0) is 26.8 Å². The number of carbonyl (C=O) groups is 4. The molecule has 0 radical (unpaired) electrons. The predicted octanol–water partition coefficient (Wildman–Crippen LogP) is 2.04. The van der Waals surface area contributed by atoms with E-state index < -0.39 is 29.7 Å². The Morgan fingerprint density at radius 1 is 1.16 bits per heavy atom. The summed E-state index contributed by atoms with van der Waals surface area (Å²) in [4.78, 5) is 57.1. The summed E-state index contributed by atoms with van der Waals surface area (Å²) in [6.07, 6.45) is 2.83. The maximum atomic E-state index is 12.5. The van der Waals surface area contributed by atoms with Gasteiger partial charge in [-0.2, -0.15) is 0 Å². The number of piperazine rings is 1. The average Bonchev–Trinajstić information content (AvgIpc) is 2.83. The molecule has 2 aromatic rings. The van der Waals surface area contributed by atoms with Gasteiger partial charge in [0.15, 0.2) is 0 Å². The van der Waals surface area contributed by atoms with Crippen LogP contribution in [0.4, 0.5) is 15.3 Å². The molecule has 2 aliphatic heterocycles. The van der Waals surface area contributed by atoms with Crippen molar-refractivity contribution in [3.63, 3.8) is 0 Å². The monoisotopic (exact) mass is 507 g/mol. The van der Waals surface area contributed by atoms with Crippen molar-refractivity contribution >= 4 is 40.5 Å². The van der Waals surface area contributed by atoms with Crippen LogP contribution in [0.25, 0.3) is 10.8 Å². The van der Waals surface area contributed by atoms with E-state index in [0.717, 1.165) is 10.8 Å². The summed E-state index contributed by atoms with van der Waals surface area (Å²) in [7, 11) is 0. The molecule has 4 amide bonds. The fourth-order valence-electron chi connectivity index (χ4n) is 4.28. The maximum Gasteiger partial charge on any atom is 0.411 e. The molecule has 1 aromatic carbocycles. The minimum atomic E-state index is -1.10. The summed E-state index contributed by atoms with van der Waals surface area (Å²) in [5.41, 5.74) is 0.585. The van der Waals surface area contributed by atoms with Gasteiger partial charge < -0.3 is 9.84 Å². The van der Waals surface area contributed by atoms with Crippen LogP contribution < -0.4 is 10.2 Å². The SMILES string of the molecule is CC(C)(C)OC(=O)N1CCN(CC#Cc2cccc3c(N4CCC(=O)NC4=O)cncc23)C[C@H]1C(=O)O. The number of nitrogens with zero attached hydrogens (tertiary/aromatic N) is 4. The molecule has 37 heavy (non-hydrogen) atoms. The lowest BCUT2D eigenvalue weighted by atomic mass is 10.0. The number of hydrogen-bond donors (Lipinski definition) is 2. The first-order valence-corrected chi connectivity index (χ1v) is 12.0. The zero-order valence-corrected chi connectivity index (χ0v) is 21.0. The van der Waals surface area contributed by atoms with Gasteiger partial charge in [0.2, 0.25) is 5.91 Å². The molecular formula is C26H29N5O6. The van der Waals surface area contributed by atoms with Crippen molar-refractivity contribution in [2.75, 3.05) is 37.6 Å². The number of fused-ring (bicyclic) bond motifs is 1. The van der Waals surface area contributed by atoms with E-state index in [1.54, 1.807) is 33.2 Å². The van der Waals surface area contributed by atoms with Crippen molar-refractivity contribution in [1.29, 1.82) is 0 Å². The second-order valence-electron chi connectivity index (χ2n) is 9.88. The Labute approximate surface area is 214 Å². The molecule has 11 nitrogen and oxygen atoms in total. The van der Waals surface area contributed by atoms with E-state index in [-0.39, 0.29) is 32.0 Å². The Hall–Kier alpha value is -4.17. The summed E-state index contributed by atoms with van der Waals surface area (Å²) in [5, 5.41) is 13.6. The number of aromatic nitrogens is 1. The van der Waals surface area contributed by atoms with Crippen LogP contribution in [0, 0.1) is 11.8 Å². The fourth-order valence-corrected chi connectivity index (χ4v) is 4.28. The quantitative estimate of drug-likeness (QED) is 0.604. The number of carbonyl (C=O) groups excluding carboxylic acids is 3. The van der Waals surface area contributed by atoms with Gasteiger partial charge in [0.25, 0.3) is 0 Å². The highest BCUT2D eigenvalue weighted by atomic mass is 16.6. The Balaban J connectivity index is 1.49. The van der Waals surface area contributed by atoms with E-state index in [4.69, 9.17) is 4.74 Å². The number of rotatable bonds is 3. The number of carboxylic acids is 1. The van der Waals surface area contributed by atoms with Crippen LogP contribution in [0.1, 0.15) is 32.8 Å². The van der Waals surface area contributed by atoms with Gasteiger partial charge in [0.1, 0.15) is 11.6 Å². The van der Waals surface area contributed by atoms with Crippen LogP contribution in [0.15, 0.2) is 30.6 Å². The van der Waals surface area contributed by atoms with Crippen LogP contribution >= 0.6 is 0 Å². The van der Waals surface area contributed by atoms with Crippen molar-refractivity contribution in [2.24, 2.45) is 0 Å². The van der Waals surface area contributed by atoms with Gasteiger partial charge in [-0.1, -0.05) is 24.0 Å². The van der Waals surface area contributed by atoms with Crippen molar-refractivity contribution in [3.8, 4) is 11.8 Å². The normalized spacial score (nSPS) is 18.7. The van der Waals surface area contributed by atoms with Gasteiger partial charge >= 0.3 is 18.1 Å². The Morgan fingerprint density at radius 2 is 1.95 bits per heavy atom. The van der Waals surface area contributed by atoms with Crippen molar-refractivity contribution in [2.45, 2.75) is 38.8 Å². The topological polar surface area (TPSA) is 132 Å². The molecular weight excluding hydrogens is 478 g/mol. The number of ether oxygens (including phenoxy) is 1. The number of imide groups is 1. The lowest BCUT2D eigenvalue weighted by Gasteiger charge is -2.39. The molecule has 1 atom stereocenters. The van der Waals surface area contributed by atoms with Crippen LogP contribution in [-0.4, -0.2) is 88.3 Å². The van der Waals surface area contributed by atoms with E-state index in [0.29, 0.717) is 24.3 Å². The minimum absolute atomic E-state index is 0.132. The zero-order valence-electron chi connectivity index (χ0n) is 21.0. The largest absolute Gasteiger partial charge is 0.480 e. The first kappa shape index (κ1) is 25.9. The maximum absolute atomic E-state index is 12.5. The van der Waals surface area contributed by atoms with Crippen LogP contribution in [-0.2, 0) is 14.3 Å². The van der Waals surface area contributed by atoms with Crippen LogP contribution in [0.2, 0.25) is 0 Å². The fraction of sp³-hybridized carbons (Fsp3) is 0.423. The third-order valence-electron chi connectivity index (χ3n) is 6.03. The van der Waals surface area contributed by atoms with E-state index in [2.05, 4.69) is 22.1 Å². The van der Waals surface area contributed by atoms with Crippen LogP contribution in [0.5, 0.6) is 0 Å². The number of urea groups is 1. The Kier molecular flexibility index (Phi) is 7.31. The molecule has 1 aromatic heterocycles. The van der Waals surface area contributed by atoms with Gasteiger partial charge in [-0.3, -0.25) is 29.8 Å². The molecule has 194 valence electrons. The first-order chi connectivity index (χ1) is 17.5. The Bertz CT molecular complexity index is 1310. The number of anilines is 1. The van der Waals surface area contributed by atoms with Gasteiger partial charge in [0.05, 0.1) is 18.4 Å². The Morgan fingerprint density at radius 3 is 2.65 bits per heavy atom. The number of nitrogens with one attached hydrogen (secondary N) is 1. The summed E-state index contributed by atoms with van der Waals surface area (Å²) >= 11 is 0. The lowest BCUT2D eigenvalue weighted by molar-refractivity contribution is -0.145. The molecule has 2 saturated heterocycles. The third kappa shape index (κ3) is 5.98. The standard InChI is InChI=1S/C26H29N5O6/c1-26(2,3)37-25(36)31-13-12-29(16-21(31)23(33)34)10-5-7-17-6-4-8-18-19(17)14-27-15-20(18)30-11-9-22(32)28-24(30)35/h4,6,8,14-15,21H,9-13,16H2,1-3H3,(H,33,34)(H,28,32,35)/t21-/m0/s1. The molecule has 0 unspecified atom stereocenters. The second-order valence-corrected chi connectivity index (χ2v) is 9.88. The molecule has 2 fully saturated rings. The number of carboxylic acid groups (broad SMARTS) is 1. The molecule has 0 aliphatic carbocycles. The highest BCUT2D eigenvalue weighted by Gasteiger charge is 2.37. The number of amides is 4. The number of aliphatic carboxylic acids is 1. The van der Waals surface area contributed by atoms with Gasteiger partial charge in [-0.15, -0.1) is 0 Å². The van der Waals surface area contributed by atoms with E-state index in [1.807, 2.05) is 23.1 Å². The third-order valence-corrected chi connectivity index (χ3v) is 6.03. The zero-order chi connectivity index (χ0) is 26.7. The molecule has 11 heteroatoms. The summed E-state index contributed by atoms with van der Waals surface area (Å²) in [6.45, 7) is 6.60. The summed E-state index contributed by atoms with van der Waals surface area (Å²) in [6, 6.07) is 4.04. The number of hydrogen-bond acceptors (Lipinski definition) is 7. The van der Waals surface area contributed by atoms with E-state index in [1.165, 1.54) is 9.80 Å².